The van der Waals surface area contributed by atoms with Gasteiger partial charge in [0.05, 0.1) is 41.7 Å². The van der Waals surface area contributed by atoms with E-state index in [1.54, 1.807) is 37.4 Å². The average molecular weight is 735 g/mol. The van der Waals surface area contributed by atoms with Crippen LogP contribution in [0.5, 0.6) is 11.5 Å². The number of benzene rings is 3. The van der Waals surface area contributed by atoms with Gasteiger partial charge in [-0.05, 0) is 70.0 Å². The molecule has 0 amide bonds. The van der Waals surface area contributed by atoms with Crippen molar-refractivity contribution in [2.24, 2.45) is 0 Å². The Morgan fingerprint density at radius 3 is 2.64 bits per heavy atom. The van der Waals surface area contributed by atoms with Gasteiger partial charge in [-0.3, -0.25) is 4.98 Å². The lowest BCUT2D eigenvalue weighted by molar-refractivity contribution is 0.159. The lowest BCUT2D eigenvalue weighted by Crippen LogP contribution is -2.13. The van der Waals surface area contributed by atoms with Crippen LogP contribution in [0.3, 0.4) is 0 Å². The molecular formula is C33H25BrFN5O5S2. The Hall–Kier alpha value is -4.76. The number of hydrogen-bond donors (Lipinski definition) is 1. The summed E-state index contributed by atoms with van der Waals surface area (Å²) in [5.41, 5.74) is 3.86. The van der Waals surface area contributed by atoms with Crippen LogP contribution in [0, 0.1) is 5.82 Å². The maximum Gasteiger partial charge on any atom is 0.221 e. The zero-order valence-electron chi connectivity index (χ0n) is 24.7. The van der Waals surface area contributed by atoms with E-state index in [0.29, 0.717) is 43.7 Å². The molecule has 14 heteroatoms. The van der Waals surface area contributed by atoms with Crippen LogP contribution >= 0.6 is 27.3 Å². The van der Waals surface area contributed by atoms with E-state index in [1.165, 1.54) is 36.0 Å². The number of halogens is 2. The Kier molecular flexibility index (Phi) is 10.1. The molecule has 0 saturated heterocycles. The summed E-state index contributed by atoms with van der Waals surface area (Å²) in [6.07, 6.45) is 3.00. The molecule has 0 aliphatic carbocycles. The highest BCUT2D eigenvalue weighted by molar-refractivity contribution is 9.10. The second kappa shape index (κ2) is 14.8. The monoisotopic (exact) mass is 733 g/mol. The minimum atomic E-state index is -2.48. The van der Waals surface area contributed by atoms with E-state index in [1.807, 2.05) is 35.7 Å². The summed E-state index contributed by atoms with van der Waals surface area (Å²) in [5, 5.41) is 6.64. The first-order chi connectivity index (χ1) is 22.9. The van der Waals surface area contributed by atoms with Crippen molar-refractivity contribution in [1.82, 2.24) is 19.9 Å². The maximum atomic E-state index is 13.5. The van der Waals surface area contributed by atoms with E-state index in [2.05, 4.69) is 36.2 Å². The molecule has 3 heterocycles. The molecule has 0 fully saturated rings. The van der Waals surface area contributed by atoms with Gasteiger partial charge in [-0.2, -0.15) is 8.42 Å². The average Bonchev–Trinajstić information content (AvgIpc) is 3.55. The molecule has 0 atom stereocenters. The summed E-state index contributed by atoms with van der Waals surface area (Å²) in [6, 6.07) is 20.6. The van der Waals surface area contributed by atoms with Crippen molar-refractivity contribution in [3.63, 3.8) is 0 Å². The fourth-order valence-electron chi connectivity index (χ4n) is 4.64. The Bertz CT molecular complexity index is 2190. The molecule has 10 nitrogen and oxygen atoms in total. The second-order valence-electron chi connectivity index (χ2n) is 9.97. The molecule has 6 aromatic rings. The topological polar surface area (TPSA) is 125 Å². The van der Waals surface area contributed by atoms with E-state index in [-0.39, 0.29) is 30.5 Å². The number of ether oxygens (including phenoxy) is 3. The first-order valence-electron chi connectivity index (χ1n) is 14.0. The van der Waals surface area contributed by atoms with Crippen LogP contribution < -0.4 is 14.8 Å². The lowest BCUT2D eigenvalue weighted by Gasteiger charge is -2.13. The van der Waals surface area contributed by atoms with E-state index >= 15 is 0 Å². The SMILES string of the molecule is COc1cc2ncnc(Nc3ccc(OCc4cccc(F)c4)c(Br)c3)c2cc1-c1csc(COCC(c2ccccn2)=S(=O)=O)n1. The summed E-state index contributed by atoms with van der Waals surface area (Å²) >= 11 is 4.95. The second-order valence-corrected chi connectivity index (χ2v) is 12.7. The van der Waals surface area contributed by atoms with Gasteiger partial charge in [0.15, 0.2) is 0 Å². The molecule has 0 spiro atoms. The Morgan fingerprint density at radius 2 is 1.87 bits per heavy atom. The van der Waals surface area contributed by atoms with Gasteiger partial charge in [0, 0.05) is 34.3 Å². The van der Waals surface area contributed by atoms with Gasteiger partial charge in [0.25, 0.3) is 0 Å². The third-order valence-electron chi connectivity index (χ3n) is 6.87. The van der Waals surface area contributed by atoms with Crippen molar-refractivity contribution < 1.29 is 27.0 Å². The van der Waals surface area contributed by atoms with E-state index in [9.17, 15) is 12.8 Å². The number of aromatic nitrogens is 4. The molecule has 47 heavy (non-hydrogen) atoms. The molecule has 1 N–H and O–H groups in total. The third kappa shape index (κ3) is 7.80. The molecule has 0 unspecified atom stereocenters. The number of anilines is 2. The highest BCUT2D eigenvalue weighted by atomic mass is 79.9. The number of methoxy groups -OCH3 is 1. The number of rotatable bonds is 12. The number of fused-ring (bicyclic) bond motifs is 1. The fourth-order valence-corrected chi connectivity index (χ4v) is 6.33. The van der Waals surface area contributed by atoms with Gasteiger partial charge in [0.2, 0.25) is 10.3 Å². The van der Waals surface area contributed by atoms with E-state index in [4.69, 9.17) is 19.2 Å². The third-order valence-corrected chi connectivity index (χ3v) is 9.04. The minimum absolute atomic E-state index is 0.0664. The van der Waals surface area contributed by atoms with Gasteiger partial charge in [0.1, 0.15) is 45.9 Å². The zero-order chi connectivity index (χ0) is 32.8. The molecule has 3 aromatic carbocycles. The maximum absolute atomic E-state index is 13.5. The quantitative estimate of drug-likeness (QED) is 0.104. The summed E-state index contributed by atoms with van der Waals surface area (Å²) in [7, 11) is -0.898. The van der Waals surface area contributed by atoms with Gasteiger partial charge < -0.3 is 19.5 Å². The number of thiazole rings is 1. The van der Waals surface area contributed by atoms with E-state index in [0.717, 1.165) is 22.2 Å². The summed E-state index contributed by atoms with van der Waals surface area (Å²) in [5.74, 6) is 1.44. The normalized spacial score (nSPS) is 11.0. The van der Waals surface area contributed by atoms with Crippen LogP contribution in [0.15, 0.2) is 95.2 Å². The summed E-state index contributed by atoms with van der Waals surface area (Å²) < 4.78 is 55.0. The Balaban J connectivity index is 1.19. The molecular weight excluding hydrogens is 709 g/mol. The lowest BCUT2D eigenvalue weighted by atomic mass is 10.1. The highest BCUT2D eigenvalue weighted by Crippen LogP contribution is 2.37. The van der Waals surface area contributed by atoms with Crippen LogP contribution in [-0.4, -0.2) is 46.9 Å². The number of nitrogens with one attached hydrogen (secondary N) is 1. The fraction of sp³-hybridized carbons (Fsp3) is 0.121. The smallest absolute Gasteiger partial charge is 0.221 e. The molecule has 0 radical (unpaired) electrons. The molecule has 3 aromatic heterocycles. The molecule has 238 valence electrons. The zero-order valence-corrected chi connectivity index (χ0v) is 27.9. The number of hydrogen-bond acceptors (Lipinski definition) is 11. The van der Waals surface area contributed by atoms with Crippen molar-refractivity contribution in [2.45, 2.75) is 13.2 Å². The van der Waals surface area contributed by atoms with Gasteiger partial charge in [-0.1, -0.05) is 18.2 Å². The summed E-state index contributed by atoms with van der Waals surface area (Å²) in [4.78, 5) is 17.8. The predicted molar refractivity (Wildman–Crippen MR) is 182 cm³/mol. The number of pyridine rings is 1. The van der Waals surface area contributed by atoms with Crippen LogP contribution in [0.4, 0.5) is 15.9 Å². The largest absolute Gasteiger partial charge is 0.496 e. The first-order valence-corrected chi connectivity index (χ1v) is 16.8. The van der Waals surface area contributed by atoms with Gasteiger partial charge in [-0.15, -0.1) is 11.3 Å². The van der Waals surface area contributed by atoms with Crippen LogP contribution in [0.1, 0.15) is 16.3 Å². The molecule has 0 bridgehead atoms. The van der Waals surface area contributed by atoms with E-state index < -0.39 is 10.3 Å². The minimum Gasteiger partial charge on any atom is -0.496 e. The van der Waals surface area contributed by atoms with Crippen molar-refractivity contribution in [3.05, 3.63) is 117 Å². The van der Waals surface area contributed by atoms with Crippen LogP contribution in [0.2, 0.25) is 0 Å². The van der Waals surface area contributed by atoms with Crippen molar-refractivity contribution in [1.29, 1.82) is 0 Å². The van der Waals surface area contributed by atoms with Crippen LogP contribution in [-0.2, 0) is 28.2 Å². The van der Waals surface area contributed by atoms with Crippen molar-refractivity contribution in [2.75, 3.05) is 19.0 Å². The van der Waals surface area contributed by atoms with Gasteiger partial charge in [-0.25, -0.2) is 19.3 Å². The van der Waals surface area contributed by atoms with Gasteiger partial charge >= 0.3 is 0 Å². The Labute approximate surface area is 282 Å². The van der Waals surface area contributed by atoms with Crippen LogP contribution in [0.25, 0.3) is 22.2 Å². The molecule has 6 rings (SSSR count). The Morgan fingerprint density at radius 1 is 0.979 bits per heavy atom. The summed E-state index contributed by atoms with van der Waals surface area (Å²) in [6.45, 7) is 0.200. The molecule has 0 aliphatic heterocycles. The molecule has 0 aliphatic rings. The molecule has 0 saturated carbocycles. The predicted octanol–water partition coefficient (Wildman–Crippen LogP) is 7.00. The van der Waals surface area contributed by atoms with Crippen molar-refractivity contribution >= 4 is 64.8 Å². The van der Waals surface area contributed by atoms with Crippen molar-refractivity contribution in [3.8, 4) is 22.8 Å². The first kappa shape index (κ1) is 32.2. The number of nitrogens with zero attached hydrogens (tertiary/aromatic N) is 4. The standard InChI is InChI=1S/C33H25BrFN5O5S2/c1-43-30-14-27-24(13-23(30)28-18-46-32(40-28)17-44-16-31(47(41)42)26-7-2-3-10-36-26)33(38-19-37-27)39-22-8-9-29(25(34)12-22)45-15-20-5-4-6-21(35)11-20/h2-14,18-19H,15-17H2,1H3,(H,37,38,39). The highest BCUT2D eigenvalue weighted by Gasteiger charge is 2.16.